The molecule has 15 heavy (non-hydrogen) atoms. The van der Waals surface area contributed by atoms with Crippen LogP contribution in [0.25, 0.3) is 0 Å². The highest BCUT2D eigenvalue weighted by molar-refractivity contribution is 7.89. The van der Waals surface area contributed by atoms with Crippen molar-refractivity contribution in [3.8, 4) is 6.07 Å². The van der Waals surface area contributed by atoms with E-state index >= 15 is 0 Å². The molecule has 0 aliphatic carbocycles. The Balaban J connectivity index is 4.18. The van der Waals surface area contributed by atoms with Crippen LogP contribution in [0.4, 0.5) is 0 Å². The van der Waals surface area contributed by atoms with E-state index in [4.69, 9.17) is 5.26 Å². The van der Waals surface area contributed by atoms with Crippen molar-refractivity contribution in [1.82, 2.24) is 4.31 Å². The summed E-state index contributed by atoms with van der Waals surface area (Å²) in [6.07, 6.45) is -0.0380. The highest BCUT2D eigenvalue weighted by Crippen LogP contribution is 2.01. The van der Waals surface area contributed by atoms with Gasteiger partial charge in [-0.25, -0.2) is 12.7 Å². The quantitative estimate of drug-likeness (QED) is 0.590. The van der Waals surface area contributed by atoms with Crippen LogP contribution >= 0.6 is 0 Å². The highest BCUT2D eigenvalue weighted by Gasteiger charge is 2.18. The van der Waals surface area contributed by atoms with Crippen LogP contribution in [-0.2, 0) is 19.6 Å². The van der Waals surface area contributed by atoms with Crippen molar-refractivity contribution in [2.75, 3.05) is 26.5 Å². The molecule has 0 fully saturated rings. The zero-order valence-electron chi connectivity index (χ0n) is 8.76. The molecule has 0 rings (SSSR count). The fourth-order valence-electron chi connectivity index (χ4n) is 0.817. The van der Waals surface area contributed by atoms with Crippen LogP contribution in [0.3, 0.4) is 0 Å². The Labute approximate surface area is 89.5 Å². The van der Waals surface area contributed by atoms with Crippen molar-refractivity contribution >= 4 is 16.0 Å². The summed E-state index contributed by atoms with van der Waals surface area (Å²) >= 11 is 0. The standard InChI is InChI=1S/C8H14N2O4S/c1-10(6-3-5-9)15(12,13)7-4-8(11)14-2/h3-4,6-7H2,1-2H3. The Kier molecular flexibility index (Phi) is 5.89. The molecule has 0 radical (unpaired) electrons. The summed E-state index contributed by atoms with van der Waals surface area (Å²) in [6, 6.07) is 1.85. The van der Waals surface area contributed by atoms with Gasteiger partial charge in [-0.2, -0.15) is 5.26 Å². The summed E-state index contributed by atoms with van der Waals surface area (Å²) in [5, 5.41) is 8.29. The van der Waals surface area contributed by atoms with Crippen molar-refractivity contribution < 1.29 is 17.9 Å². The number of ether oxygens (including phenoxy) is 1. The van der Waals surface area contributed by atoms with E-state index in [0.29, 0.717) is 0 Å². The van der Waals surface area contributed by atoms with Crippen LogP contribution in [0, 0.1) is 11.3 Å². The van der Waals surface area contributed by atoms with Crippen LogP contribution in [0.1, 0.15) is 12.8 Å². The summed E-state index contributed by atoms with van der Waals surface area (Å²) in [5.74, 6) is -0.853. The minimum atomic E-state index is -3.46. The number of sulfonamides is 1. The van der Waals surface area contributed by atoms with E-state index in [1.165, 1.54) is 14.2 Å². The molecule has 0 saturated carbocycles. The summed E-state index contributed by atoms with van der Waals surface area (Å²) in [4.78, 5) is 10.7. The van der Waals surface area contributed by atoms with Gasteiger partial charge in [-0.1, -0.05) is 0 Å². The smallest absolute Gasteiger partial charge is 0.306 e. The van der Waals surface area contributed by atoms with Gasteiger partial charge in [-0.3, -0.25) is 4.79 Å². The number of carbonyl (C=O) groups is 1. The Bertz CT molecular complexity index is 344. The molecule has 0 heterocycles. The van der Waals surface area contributed by atoms with Crippen LogP contribution in [0.15, 0.2) is 0 Å². The summed E-state index contributed by atoms with van der Waals surface area (Å²) < 4.78 is 28.3. The second kappa shape index (κ2) is 6.37. The third-order valence-corrected chi connectivity index (χ3v) is 3.66. The predicted molar refractivity (Wildman–Crippen MR) is 53.3 cm³/mol. The third kappa shape index (κ3) is 5.34. The lowest BCUT2D eigenvalue weighted by molar-refractivity contribution is -0.140. The second-order valence-electron chi connectivity index (χ2n) is 2.87. The van der Waals surface area contributed by atoms with E-state index in [1.807, 2.05) is 6.07 Å². The fraction of sp³-hybridized carbons (Fsp3) is 0.750. The van der Waals surface area contributed by atoms with Crippen LogP contribution < -0.4 is 0 Å². The average Bonchev–Trinajstić information content (AvgIpc) is 2.22. The number of carbonyl (C=O) groups excluding carboxylic acids is 1. The maximum absolute atomic E-state index is 11.5. The van der Waals surface area contributed by atoms with E-state index < -0.39 is 16.0 Å². The Morgan fingerprint density at radius 3 is 2.60 bits per heavy atom. The first-order chi connectivity index (χ1) is 6.94. The van der Waals surface area contributed by atoms with E-state index in [1.54, 1.807) is 0 Å². The minimum absolute atomic E-state index is 0.133. The minimum Gasteiger partial charge on any atom is -0.469 e. The molecule has 86 valence electrons. The molecular weight excluding hydrogens is 220 g/mol. The van der Waals surface area contributed by atoms with Crippen LogP contribution in [0.2, 0.25) is 0 Å². The molecule has 6 nitrogen and oxygen atoms in total. The van der Waals surface area contributed by atoms with Crippen molar-refractivity contribution in [2.45, 2.75) is 12.8 Å². The van der Waals surface area contributed by atoms with Crippen molar-refractivity contribution in [3.05, 3.63) is 0 Å². The van der Waals surface area contributed by atoms with Gasteiger partial charge in [0.1, 0.15) is 0 Å². The molecule has 0 N–H and O–H groups in total. The summed E-state index contributed by atoms with van der Waals surface area (Å²) in [6.45, 7) is 0.139. The van der Waals surface area contributed by atoms with Gasteiger partial charge in [0.15, 0.2) is 0 Å². The predicted octanol–water partition coefficient (Wildman–Crippen LogP) is -0.275. The number of nitrogens with zero attached hydrogens (tertiary/aromatic N) is 2. The number of methoxy groups -OCH3 is 1. The number of hydrogen-bond donors (Lipinski definition) is 0. The Hall–Kier alpha value is -1.13. The lowest BCUT2D eigenvalue weighted by Crippen LogP contribution is -2.31. The van der Waals surface area contributed by atoms with Gasteiger partial charge in [0.05, 0.1) is 25.4 Å². The number of hydrogen-bond acceptors (Lipinski definition) is 5. The van der Waals surface area contributed by atoms with E-state index in [2.05, 4.69) is 4.74 Å². The molecule has 7 heteroatoms. The van der Waals surface area contributed by atoms with E-state index in [-0.39, 0.29) is 25.1 Å². The van der Waals surface area contributed by atoms with Gasteiger partial charge in [0.25, 0.3) is 0 Å². The molecule has 0 atom stereocenters. The monoisotopic (exact) mass is 234 g/mol. The number of esters is 1. The molecule has 0 aliphatic heterocycles. The molecule has 0 aliphatic rings. The van der Waals surface area contributed by atoms with Crippen molar-refractivity contribution in [3.63, 3.8) is 0 Å². The van der Waals surface area contributed by atoms with Gasteiger partial charge in [0.2, 0.25) is 10.0 Å². The lowest BCUT2D eigenvalue weighted by atomic mass is 10.5. The van der Waals surface area contributed by atoms with Gasteiger partial charge < -0.3 is 4.74 Å². The van der Waals surface area contributed by atoms with Crippen molar-refractivity contribution in [1.29, 1.82) is 5.26 Å². The van der Waals surface area contributed by atoms with Gasteiger partial charge in [-0.15, -0.1) is 0 Å². The van der Waals surface area contributed by atoms with E-state index in [9.17, 15) is 13.2 Å². The first-order valence-corrected chi connectivity index (χ1v) is 5.92. The van der Waals surface area contributed by atoms with Gasteiger partial charge in [-0.05, 0) is 0 Å². The fourth-order valence-corrected chi connectivity index (χ4v) is 1.92. The molecule has 0 aromatic rings. The van der Waals surface area contributed by atoms with Crippen LogP contribution in [0.5, 0.6) is 0 Å². The van der Waals surface area contributed by atoms with E-state index in [0.717, 1.165) is 4.31 Å². The van der Waals surface area contributed by atoms with Crippen LogP contribution in [-0.4, -0.2) is 45.1 Å². The van der Waals surface area contributed by atoms with Gasteiger partial charge in [0, 0.05) is 20.0 Å². The molecular formula is C8H14N2O4S. The number of nitriles is 1. The third-order valence-electron chi connectivity index (χ3n) is 1.81. The maximum Gasteiger partial charge on any atom is 0.306 e. The normalized spacial score (nSPS) is 11.1. The molecule has 0 bridgehead atoms. The molecule has 0 amide bonds. The molecule has 0 unspecified atom stereocenters. The zero-order valence-corrected chi connectivity index (χ0v) is 9.58. The first-order valence-electron chi connectivity index (χ1n) is 4.32. The molecule has 0 spiro atoms. The summed E-state index contributed by atoms with van der Waals surface area (Å²) in [5.41, 5.74) is 0. The number of rotatable bonds is 6. The maximum atomic E-state index is 11.5. The van der Waals surface area contributed by atoms with Gasteiger partial charge >= 0.3 is 5.97 Å². The average molecular weight is 234 g/mol. The molecule has 0 aromatic carbocycles. The topological polar surface area (TPSA) is 87.5 Å². The molecule has 0 aromatic heterocycles. The largest absolute Gasteiger partial charge is 0.469 e. The van der Waals surface area contributed by atoms with Crippen molar-refractivity contribution in [2.24, 2.45) is 0 Å². The SMILES string of the molecule is COC(=O)CCS(=O)(=O)N(C)CCC#N. The first kappa shape index (κ1) is 13.9. The Morgan fingerprint density at radius 2 is 2.13 bits per heavy atom. The second-order valence-corrected chi connectivity index (χ2v) is 5.07. The summed E-state index contributed by atoms with van der Waals surface area (Å²) in [7, 11) is -0.875. The Morgan fingerprint density at radius 1 is 1.53 bits per heavy atom. The highest BCUT2D eigenvalue weighted by atomic mass is 32.2. The molecule has 0 saturated heterocycles. The lowest BCUT2D eigenvalue weighted by Gasteiger charge is -2.14. The zero-order chi connectivity index (χ0) is 11.9.